The van der Waals surface area contributed by atoms with Crippen molar-refractivity contribution < 1.29 is 0 Å². The molecule has 1 aliphatic rings. The summed E-state index contributed by atoms with van der Waals surface area (Å²) in [7, 11) is 0. The average Bonchev–Trinajstić information content (AvgIpc) is 2.67. The fourth-order valence-electron chi connectivity index (χ4n) is 2.02. The van der Waals surface area contributed by atoms with Crippen LogP contribution in [0.5, 0.6) is 0 Å². The molecule has 0 amide bonds. The van der Waals surface area contributed by atoms with Gasteiger partial charge in [-0.1, -0.05) is 18.5 Å². The number of nitrogens with one attached hydrogen (secondary N) is 1. The molecule has 1 fully saturated rings. The molecular weight excluding hydrogens is 277 g/mol. The lowest BCUT2D eigenvalue weighted by molar-refractivity contribution is 0.604. The van der Waals surface area contributed by atoms with Crippen molar-refractivity contribution >= 4 is 40.3 Å². The van der Waals surface area contributed by atoms with Crippen molar-refractivity contribution in [1.82, 2.24) is 14.7 Å². The number of aromatic nitrogens is 2. The fraction of sp³-hybridized carbons (Fsp3) is 0.545. The molecule has 17 heavy (non-hydrogen) atoms. The van der Waals surface area contributed by atoms with Crippen molar-refractivity contribution in [2.24, 2.45) is 11.8 Å². The topological polar surface area (TPSA) is 29.3 Å². The first-order valence-electron chi connectivity index (χ1n) is 5.56. The van der Waals surface area contributed by atoms with Crippen LogP contribution in [0.15, 0.2) is 11.6 Å². The lowest BCUT2D eigenvalue weighted by Crippen LogP contribution is -2.17. The molecule has 0 saturated heterocycles. The molecule has 6 heteroatoms. The molecule has 0 bridgehead atoms. The Bertz CT molecular complexity index is 508. The van der Waals surface area contributed by atoms with Gasteiger partial charge >= 0.3 is 0 Å². The maximum Gasteiger partial charge on any atom is 0.195 e. The Balaban J connectivity index is 0.00000108. The van der Waals surface area contributed by atoms with Crippen LogP contribution < -0.4 is 5.32 Å². The first-order valence-corrected chi connectivity index (χ1v) is 6.82. The van der Waals surface area contributed by atoms with Crippen LogP contribution in [0, 0.1) is 11.8 Å². The molecule has 3 nitrogen and oxygen atoms in total. The standard InChI is InChI=1S/C11H14ClN3S.ClH/c1-7-4-8(7)5-13-6-9-10(12)14-11-15(9)2-3-16-11;/h2-3,7-8,13H,4-6H2,1H3;1H. The van der Waals surface area contributed by atoms with Crippen LogP contribution in [-0.4, -0.2) is 15.9 Å². The second-order valence-electron chi connectivity index (χ2n) is 4.51. The van der Waals surface area contributed by atoms with Crippen LogP contribution in [0.2, 0.25) is 5.15 Å². The maximum atomic E-state index is 6.10. The number of nitrogens with zero attached hydrogens (tertiary/aromatic N) is 2. The van der Waals surface area contributed by atoms with Crippen molar-refractivity contribution in [3.63, 3.8) is 0 Å². The summed E-state index contributed by atoms with van der Waals surface area (Å²) in [5, 5.41) is 6.12. The van der Waals surface area contributed by atoms with Gasteiger partial charge in [-0.3, -0.25) is 4.40 Å². The Labute approximate surface area is 116 Å². The van der Waals surface area contributed by atoms with Gasteiger partial charge in [0.1, 0.15) is 0 Å². The van der Waals surface area contributed by atoms with Crippen molar-refractivity contribution in [1.29, 1.82) is 0 Å². The van der Waals surface area contributed by atoms with Gasteiger partial charge in [0.05, 0.1) is 5.69 Å². The maximum absolute atomic E-state index is 6.10. The van der Waals surface area contributed by atoms with Crippen LogP contribution in [0.4, 0.5) is 0 Å². The predicted octanol–water partition coefficient (Wildman–Crippen LogP) is 3.22. The second kappa shape index (κ2) is 5.14. The summed E-state index contributed by atoms with van der Waals surface area (Å²) in [6.07, 6.45) is 3.39. The zero-order chi connectivity index (χ0) is 11.1. The van der Waals surface area contributed by atoms with Crippen LogP contribution >= 0.6 is 35.3 Å². The molecule has 0 aliphatic heterocycles. The minimum Gasteiger partial charge on any atom is -0.311 e. The summed E-state index contributed by atoms with van der Waals surface area (Å²) in [6, 6.07) is 0. The lowest BCUT2D eigenvalue weighted by atomic mass is 10.3. The van der Waals surface area contributed by atoms with Crippen molar-refractivity contribution in [2.75, 3.05) is 6.54 Å². The summed E-state index contributed by atoms with van der Waals surface area (Å²) < 4.78 is 2.07. The molecule has 2 atom stereocenters. The molecule has 3 rings (SSSR count). The summed E-state index contributed by atoms with van der Waals surface area (Å²) in [5.41, 5.74) is 1.08. The molecule has 94 valence electrons. The van der Waals surface area contributed by atoms with E-state index in [1.54, 1.807) is 11.3 Å². The van der Waals surface area contributed by atoms with E-state index in [2.05, 4.69) is 21.6 Å². The van der Waals surface area contributed by atoms with Gasteiger partial charge in [-0.05, 0) is 24.8 Å². The molecule has 2 aromatic heterocycles. The third-order valence-corrected chi connectivity index (χ3v) is 4.35. The summed E-state index contributed by atoms with van der Waals surface area (Å²) in [6.45, 7) is 4.20. The van der Waals surface area contributed by atoms with E-state index in [1.807, 2.05) is 11.6 Å². The second-order valence-corrected chi connectivity index (χ2v) is 5.74. The van der Waals surface area contributed by atoms with Crippen molar-refractivity contribution in [3.8, 4) is 0 Å². The highest BCUT2D eigenvalue weighted by Gasteiger charge is 2.31. The van der Waals surface area contributed by atoms with Crippen LogP contribution in [0.1, 0.15) is 19.0 Å². The molecule has 0 spiro atoms. The van der Waals surface area contributed by atoms with E-state index in [4.69, 9.17) is 11.6 Å². The number of hydrogen-bond donors (Lipinski definition) is 1. The molecule has 1 saturated carbocycles. The predicted molar refractivity (Wildman–Crippen MR) is 74.3 cm³/mol. The number of imidazole rings is 1. The van der Waals surface area contributed by atoms with Crippen molar-refractivity contribution in [3.05, 3.63) is 22.4 Å². The summed E-state index contributed by atoms with van der Waals surface area (Å²) >= 11 is 7.72. The number of hydrogen-bond acceptors (Lipinski definition) is 3. The van der Waals surface area contributed by atoms with E-state index in [0.29, 0.717) is 5.15 Å². The highest BCUT2D eigenvalue weighted by atomic mass is 35.5. The van der Waals surface area contributed by atoms with Gasteiger partial charge in [0.25, 0.3) is 0 Å². The molecule has 0 aromatic carbocycles. The normalized spacial score (nSPS) is 22.7. The molecule has 2 heterocycles. The first-order chi connectivity index (χ1) is 7.75. The van der Waals surface area contributed by atoms with Crippen LogP contribution in [0.3, 0.4) is 0 Å². The zero-order valence-electron chi connectivity index (χ0n) is 9.52. The van der Waals surface area contributed by atoms with Crippen LogP contribution in [-0.2, 0) is 6.54 Å². The van der Waals surface area contributed by atoms with Gasteiger partial charge in [-0.2, -0.15) is 0 Å². The molecule has 0 radical (unpaired) electrons. The Morgan fingerprint density at radius 3 is 3.12 bits per heavy atom. The van der Waals surface area contributed by atoms with Gasteiger partial charge in [0.2, 0.25) is 0 Å². The highest BCUT2D eigenvalue weighted by Crippen LogP contribution is 2.36. The number of rotatable bonds is 4. The minimum absolute atomic E-state index is 0. The molecular formula is C11H15Cl2N3S. The summed E-state index contributed by atoms with van der Waals surface area (Å²) in [4.78, 5) is 5.28. The first kappa shape index (κ1) is 13.1. The van der Waals surface area contributed by atoms with E-state index >= 15 is 0 Å². The zero-order valence-corrected chi connectivity index (χ0v) is 11.9. The minimum atomic E-state index is 0. The smallest absolute Gasteiger partial charge is 0.195 e. The number of thiazole rings is 1. The Morgan fingerprint density at radius 1 is 1.65 bits per heavy atom. The molecule has 1 N–H and O–H groups in total. The monoisotopic (exact) mass is 291 g/mol. The van der Waals surface area contributed by atoms with E-state index in [0.717, 1.165) is 35.6 Å². The quantitative estimate of drug-likeness (QED) is 0.937. The fourth-order valence-corrected chi connectivity index (χ4v) is 3.04. The van der Waals surface area contributed by atoms with Gasteiger partial charge in [-0.25, -0.2) is 4.98 Å². The molecule has 2 aromatic rings. The number of halogens is 2. The largest absolute Gasteiger partial charge is 0.311 e. The van der Waals surface area contributed by atoms with Crippen molar-refractivity contribution in [2.45, 2.75) is 19.9 Å². The molecule has 2 unspecified atom stereocenters. The van der Waals surface area contributed by atoms with E-state index < -0.39 is 0 Å². The van der Waals surface area contributed by atoms with Crippen LogP contribution in [0.25, 0.3) is 4.96 Å². The highest BCUT2D eigenvalue weighted by molar-refractivity contribution is 7.15. The third-order valence-electron chi connectivity index (χ3n) is 3.29. The Morgan fingerprint density at radius 2 is 2.41 bits per heavy atom. The van der Waals surface area contributed by atoms with E-state index in [1.165, 1.54) is 6.42 Å². The average molecular weight is 292 g/mol. The van der Waals surface area contributed by atoms with Gasteiger partial charge < -0.3 is 5.32 Å². The molecule has 1 aliphatic carbocycles. The number of fused-ring (bicyclic) bond motifs is 1. The van der Waals surface area contributed by atoms with Gasteiger partial charge in [0, 0.05) is 18.1 Å². The third kappa shape index (κ3) is 2.60. The Kier molecular flexibility index (Phi) is 3.98. The lowest BCUT2D eigenvalue weighted by Gasteiger charge is -2.03. The van der Waals surface area contributed by atoms with E-state index in [-0.39, 0.29) is 12.4 Å². The SMILES string of the molecule is CC1CC1CNCc1c(Cl)nc2sccn12.Cl. The summed E-state index contributed by atoms with van der Waals surface area (Å²) in [5.74, 6) is 1.76. The van der Waals surface area contributed by atoms with Gasteiger partial charge in [0.15, 0.2) is 10.1 Å². The van der Waals surface area contributed by atoms with E-state index in [9.17, 15) is 0 Å². The Hall–Kier alpha value is -0.290. The van der Waals surface area contributed by atoms with Gasteiger partial charge in [-0.15, -0.1) is 23.7 Å².